The van der Waals surface area contributed by atoms with Crippen molar-refractivity contribution in [2.75, 3.05) is 32.7 Å². The minimum Gasteiger partial charge on any atom is -0.409 e. The lowest BCUT2D eigenvalue weighted by atomic mass is 10.3. The molecule has 0 aliphatic carbocycles. The molecule has 2 heterocycles. The fraction of sp³-hybridized carbons (Fsp3) is 0.636. The molecule has 0 atom stereocenters. The second-order valence-electron chi connectivity index (χ2n) is 5.01. The summed E-state index contributed by atoms with van der Waals surface area (Å²) in [7, 11) is -1.80. The van der Waals surface area contributed by atoms with Gasteiger partial charge in [-0.25, -0.2) is 13.4 Å². The Morgan fingerprint density at radius 2 is 2.05 bits per heavy atom. The highest BCUT2D eigenvalue weighted by atomic mass is 32.2. The minimum atomic E-state index is -3.56. The number of aryl methyl sites for hydroxylation is 2. The number of hydrogen-bond acceptors (Lipinski definition) is 6. The van der Waals surface area contributed by atoms with Gasteiger partial charge in [0, 0.05) is 39.4 Å². The van der Waals surface area contributed by atoms with E-state index < -0.39 is 10.0 Å². The first-order valence-electron chi connectivity index (χ1n) is 6.53. The highest BCUT2D eigenvalue weighted by molar-refractivity contribution is 7.89. The Bertz CT molecular complexity index is 611. The number of amidine groups is 1. The lowest BCUT2D eigenvalue weighted by Crippen LogP contribution is -2.50. The van der Waals surface area contributed by atoms with Crippen LogP contribution in [0.15, 0.2) is 16.4 Å². The van der Waals surface area contributed by atoms with Crippen LogP contribution in [0.5, 0.6) is 0 Å². The first kappa shape index (κ1) is 15.7. The molecule has 0 amide bonds. The molecule has 1 aromatic rings. The highest BCUT2D eigenvalue weighted by Crippen LogP contribution is 2.16. The van der Waals surface area contributed by atoms with Crippen molar-refractivity contribution < 1.29 is 13.6 Å². The molecule has 1 aromatic heterocycles. The Labute approximate surface area is 123 Å². The monoisotopic (exact) mass is 316 g/mol. The molecule has 2 rings (SSSR count). The zero-order valence-corrected chi connectivity index (χ0v) is 12.9. The normalized spacial score (nSPS) is 19.0. The summed E-state index contributed by atoms with van der Waals surface area (Å²) >= 11 is 0. The molecule has 21 heavy (non-hydrogen) atoms. The van der Waals surface area contributed by atoms with Gasteiger partial charge in [0.2, 0.25) is 0 Å². The summed E-state index contributed by atoms with van der Waals surface area (Å²) in [6.07, 6.45) is 1.52. The van der Waals surface area contributed by atoms with Crippen LogP contribution < -0.4 is 5.73 Å². The van der Waals surface area contributed by atoms with E-state index in [1.165, 1.54) is 10.5 Å². The lowest BCUT2D eigenvalue weighted by molar-refractivity contribution is 0.206. The van der Waals surface area contributed by atoms with E-state index in [2.05, 4.69) is 10.1 Å². The molecule has 0 radical (unpaired) electrons. The molecule has 1 fully saturated rings. The molecule has 1 aliphatic rings. The van der Waals surface area contributed by atoms with E-state index in [9.17, 15) is 8.42 Å². The van der Waals surface area contributed by atoms with E-state index in [4.69, 9.17) is 10.9 Å². The molecule has 1 aliphatic heterocycles. The Morgan fingerprint density at radius 3 is 2.52 bits per heavy atom. The maximum atomic E-state index is 12.5. The second kappa shape index (κ2) is 6.00. The van der Waals surface area contributed by atoms with Crippen molar-refractivity contribution in [3.05, 3.63) is 12.0 Å². The first-order valence-corrected chi connectivity index (χ1v) is 7.97. The minimum absolute atomic E-state index is 0.0763. The molecule has 10 heteroatoms. The van der Waals surface area contributed by atoms with Crippen LogP contribution in [0.3, 0.4) is 0 Å². The molecule has 9 nitrogen and oxygen atoms in total. The maximum absolute atomic E-state index is 12.5. The number of sulfonamides is 1. The zero-order chi connectivity index (χ0) is 15.6. The van der Waals surface area contributed by atoms with Gasteiger partial charge in [-0.3, -0.25) is 4.90 Å². The third kappa shape index (κ3) is 3.34. The second-order valence-corrected chi connectivity index (χ2v) is 6.89. The molecule has 0 saturated carbocycles. The van der Waals surface area contributed by atoms with Gasteiger partial charge >= 0.3 is 0 Å². The molecule has 1 saturated heterocycles. The molecule has 3 N–H and O–H groups in total. The number of oxime groups is 1. The Hall–Kier alpha value is -1.65. The zero-order valence-electron chi connectivity index (χ0n) is 12.1. The number of aromatic nitrogens is 2. The lowest BCUT2D eigenvalue weighted by Gasteiger charge is -2.33. The Kier molecular flexibility index (Phi) is 4.49. The quantitative estimate of drug-likeness (QED) is 0.311. The molecule has 0 bridgehead atoms. The van der Waals surface area contributed by atoms with Crippen LogP contribution >= 0.6 is 0 Å². The van der Waals surface area contributed by atoms with Crippen LogP contribution in [0, 0.1) is 6.92 Å². The molecule has 0 spiro atoms. The SMILES string of the molecule is Cc1nc(S(=O)(=O)N2CCN(CC(N)=NO)CC2)cn1C. The predicted octanol–water partition coefficient (Wildman–Crippen LogP) is -1.22. The predicted molar refractivity (Wildman–Crippen MR) is 76.6 cm³/mol. The van der Waals surface area contributed by atoms with Crippen LogP contribution in [0.1, 0.15) is 5.82 Å². The number of nitrogens with zero attached hydrogens (tertiary/aromatic N) is 5. The van der Waals surface area contributed by atoms with Gasteiger partial charge in [0.25, 0.3) is 10.0 Å². The molecular formula is C11H20N6O3S. The van der Waals surface area contributed by atoms with E-state index in [1.54, 1.807) is 18.5 Å². The number of hydrogen-bond donors (Lipinski definition) is 2. The first-order chi connectivity index (χ1) is 9.84. The van der Waals surface area contributed by atoms with Crippen molar-refractivity contribution in [2.45, 2.75) is 11.9 Å². The van der Waals surface area contributed by atoms with Crippen molar-refractivity contribution in [3.8, 4) is 0 Å². The highest BCUT2D eigenvalue weighted by Gasteiger charge is 2.30. The van der Waals surface area contributed by atoms with Gasteiger partial charge in [-0.1, -0.05) is 5.16 Å². The van der Waals surface area contributed by atoms with E-state index in [0.717, 1.165) is 0 Å². The molecule has 0 unspecified atom stereocenters. The Morgan fingerprint density at radius 1 is 1.43 bits per heavy atom. The average Bonchev–Trinajstić information content (AvgIpc) is 2.80. The van der Waals surface area contributed by atoms with Crippen LogP contribution in [0.4, 0.5) is 0 Å². The molecule has 0 aromatic carbocycles. The summed E-state index contributed by atoms with van der Waals surface area (Å²) in [5, 5.41) is 11.5. The average molecular weight is 316 g/mol. The fourth-order valence-corrected chi connectivity index (χ4v) is 3.62. The summed E-state index contributed by atoms with van der Waals surface area (Å²) in [5.74, 6) is 0.769. The van der Waals surface area contributed by atoms with E-state index in [0.29, 0.717) is 38.5 Å². The van der Waals surface area contributed by atoms with Crippen LogP contribution in [0.25, 0.3) is 0 Å². The Balaban J connectivity index is 2.04. The third-order valence-corrected chi connectivity index (χ3v) is 5.31. The van der Waals surface area contributed by atoms with Gasteiger partial charge in [0.15, 0.2) is 10.9 Å². The standard InChI is InChI=1S/C11H20N6O3S/c1-9-13-11(8-15(9)2)21(19,20)17-5-3-16(4-6-17)7-10(12)14-18/h8,18H,3-7H2,1-2H3,(H2,12,14). The van der Waals surface area contributed by atoms with Gasteiger partial charge in [0.05, 0.1) is 6.54 Å². The van der Waals surface area contributed by atoms with Gasteiger partial charge in [-0.05, 0) is 6.92 Å². The largest absolute Gasteiger partial charge is 0.409 e. The number of rotatable bonds is 4. The summed E-state index contributed by atoms with van der Waals surface area (Å²) in [4.78, 5) is 6.02. The summed E-state index contributed by atoms with van der Waals surface area (Å²) in [6, 6.07) is 0. The van der Waals surface area contributed by atoms with Crippen molar-refractivity contribution in [1.82, 2.24) is 18.8 Å². The number of piperazine rings is 1. The topological polar surface area (TPSA) is 117 Å². The van der Waals surface area contributed by atoms with Crippen molar-refractivity contribution in [2.24, 2.45) is 17.9 Å². The maximum Gasteiger partial charge on any atom is 0.262 e. The number of nitrogens with two attached hydrogens (primary N) is 1. The summed E-state index contributed by atoms with van der Waals surface area (Å²) in [5.41, 5.74) is 5.45. The summed E-state index contributed by atoms with van der Waals surface area (Å²) < 4.78 is 28.1. The van der Waals surface area contributed by atoms with Gasteiger partial charge < -0.3 is 15.5 Å². The van der Waals surface area contributed by atoms with Crippen molar-refractivity contribution in [1.29, 1.82) is 0 Å². The van der Waals surface area contributed by atoms with Gasteiger partial charge in [-0.15, -0.1) is 0 Å². The summed E-state index contributed by atoms with van der Waals surface area (Å²) in [6.45, 7) is 3.86. The van der Waals surface area contributed by atoms with Crippen molar-refractivity contribution in [3.63, 3.8) is 0 Å². The van der Waals surface area contributed by atoms with Gasteiger partial charge in [0.1, 0.15) is 5.82 Å². The fourth-order valence-electron chi connectivity index (χ4n) is 2.17. The van der Waals surface area contributed by atoms with E-state index in [1.807, 2.05) is 4.90 Å². The third-order valence-electron chi connectivity index (χ3n) is 3.54. The van der Waals surface area contributed by atoms with E-state index in [-0.39, 0.29) is 10.9 Å². The van der Waals surface area contributed by atoms with E-state index >= 15 is 0 Å². The molecular weight excluding hydrogens is 296 g/mol. The van der Waals surface area contributed by atoms with Crippen LogP contribution in [-0.4, -0.2) is 70.9 Å². The van der Waals surface area contributed by atoms with Gasteiger partial charge in [-0.2, -0.15) is 4.31 Å². The smallest absolute Gasteiger partial charge is 0.262 e. The van der Waals surface area contributed by atoms with Crippen LogP contribution in [-0.2, 0) is 17.1 Å². The number of imidazole rings is 1. The molecule has 118 valence electrons. The van der Waals surface area contributed by atoms with Crippen molar-refractivity contribution >= 4 is 15.9 Å². The van der Waals surface area contributed by atoms with Crippen LogP contribution in [0.2, 0.25) is 0 Å².